The van der Waals surface area contributed by atoms with Crippen molar-refractivity contribution in [3.8, 4) is 5.75 Å². The molecule has 0 radical (unpaired) electrons. The smallest absolute Gasteiger partial charge is 0.459 e. The number of carbonyl (C=O) groups is 1. The van der Waals surface area contributed by atoms with Crippen molar-refractivity contribution in [1.29, 1.82) is 0 Å². The molecule has 0 aliphatic carbocycles. The lowest BCUT2D eigenvalue weighted by atomic mass is 10.3. The number of carbonyl (C=O) groups excluding carboxylic acids is 1. The lowest BCUT2D eigenvalue weighted by molar-refractivity contribution is -0.274. The van der Waals surface area contributed by atoms with E-state index in [0.29, 0.717) is 26.2 Å². The molecule has 0 unspecified atom stereocenters. The maximum atomic E-state index is 12.7. The second-order valence-corrected chi connectivity index (χ2v) is 8.44. The first kappa shape index (κ1) is 22.1. The molecule has 1 saturated heterocycles. The van der Waals surface area contributed by atoms with Gasteiger partial charge in [0.1, 0.15) is 5.75 Å². The fourth-order valence-corrected chi connectivity index (χ4v) is 4.40. The summed E-state index contributed by atoms with van der Waals surface area (Å²) < 4.78 is 72.1. The number of hydrogen-bond acceptors (Lipinski definition) is 6. The molecule has 164 valence electrons. The van der Waals surface area contributed by atoms with E-state index in [9.17, 15) is 26.4 Å². The first-order chi connectivity index (χ1) is 14.1. The first-order valence-corrected chi connectivity index (χ1v) is 10.5. The number of benzene rings is 1. The van der Waals surface area contributed by atoms with Gasteiger partial charge in [-0.25, -0.2) is 8.42 Å². The fraction of sp³-hybridized carbons (Fsp3) is 0.389. The van der Waals surface area contributed by atoms with Crippen LogP contribution in [0.5, 0.6) is 5.75 Å². The summed E-state index contributed by atoms with van der Waals surface area (Å²) >= 11 is 0. The molecular weight excluding hydrogens is 427 g/mol. The molecule has 3 rings (SSSR count). The van der Waals surface area contributed by atoms with Gasteiger partial charge in [-0.2, -0.15) is 4.31 Å². The molecule has 1 amide bonds. The molecular formula is C18H20F3N3O5S. The van der Waals surface area contributed by atoms with Gasteiger partial charge in [-0.05, 0) is 36.4 Å². The lowest BCUT2D eigenvalue weighted by Crippen LogP contribution is -2.50. The molecule has 1 fully saturated rings. The molecule has 0 atom stereocenters. The van der Waals surface area contributed by atoms with Crippen molar-refractivity contribution in [3.05, 3.63) is 48.4 Å². The van der Waals surface area contributed by atoms with Gasteiger partial charge in [0.05, 0.1) is 11.2 Å². The second kappa shape index (κ2) is 9.06. The van der Waals surface area contributed by atoms with Crippen LogP contribution in [0.3, 0.4) is 0 Å². The monoisotopic (exact) mass is 447 g/mol. The summed E-state index contributed by atoms with van der Waals surface area (Å²) in [6.45, 7) is 2.32. The maximum absolute atomic E-state index is 12.7. The van der Waals surface area contributed by atoms with E-state index in [1.165, 1.54) is 10.6 Å². The number of ether oxygens (including phenoxy) is 1. The first-order valence-electron chi connectivity index (χ1n) is 9.05. The predicted molar refractivity (Wildman–Crippen MR) is 99.4 cm³/mol. The number of halogens is 3. The van der Waals surface area contributed by atoms with E-state index in [-0.39, 0.29) is 29.7 Å². The van der Waals surface area contributed by atoms with Crippen LogP contribution in [0.2, 0.25) is 0 Å². The van der Waals surface area contributed by atoms with E-state index in [1.54, 1.807) is 12.1 Å². The standard InChI is InChI=1S/C18H20F3N3O5S/c19-18(20,21)29-14-3-5-15(6-4-14)30(26,27)24-11-9-23(10-12-24)8-7-22-17(25)16-2-1-13-28-16/h1-6,13H,7-12H2,(H,22,25). The number of hydrogen-bond donors (Lipinski definition) is 1. The third kappa shape index (κ3) is 5.74. The summed E-state index contributed by atoms with van der Waals surface area (Å²) in [4.78, 5) is 13.7. The summed E-state index contributed by atoms with van der Waals surface area (Å²) in [7, 11) is -3.82. The van der Waals surface area contributed by atoms with Gasteiger partial charge in [-0.15, -0.1) is 13.2 Å². The van der Waals surface area contributed by atoms with Crippen molar-refractivity contribution in [2.75, 3.05) is 39.3 Å². The number of amides is 1. The zero-order valence-corrected chi connectivity index (χ0v) is 16.6. The molecule has 12 heteroatoms. The van der Waals surface area contributed by atoms with Crippen molar-refractivity contribution in [2.45, 2.75) is 11.3 Å². The summed E-state index contributed by atoms with van der Waals surface area (Å²) in [6.07, 6.45) is -3.43. The van der Waals surface area contributed by atoms with Gasteiger partial charge < -0.3 is 14.5 Å². The van der Waals surface area contributed by atoms with E-state index in [1.807, 2.05) is 4.90 Å². The number of rotatable bonds is 7. The highest BCUT2D eigenvalue weighted by atomic mass is 32.2. The molecule has 2 heterocycles. The number of nitrogens with one attached hydrogen (secondary N) is 1. The number of piperazine rings is 1. The summed E-state index contributed by atoms with van der Waals surface area (Å²) in [5.74, 6) is -0.584. The van der Waals surface area contributed by atoms with E-state index in [0.717, 1.165) is 24.3 Å². The highest BCUT2D eigenvalue weighted by Gasteiger charge is 2.32. The highest BCUT2D eigenvalue weighted by molar-refractivity contribution is 7.89. The summed E-state index contributed by atoms with van der Waals surface area (Å²) in [6, 6.07) is 7.29. The van der Waals surface area contributed by atoms with E-state index in [2.05, 4.69) is 10.1 Å². The largest absolute Gasteiger partial charge is 0.573 e. The Morgan fingerprint density at radius 2 is 1.77 bits per heavy atom. The molecule has 1 aliphatic heterocycles. The van der Waals surface area contributed by atoms with E-state index < -0.39 is 22.1 Å². The van der Waals surface area contributed by atoms with Crippen LogP contribution in [0.15, 0.2) is 52.0 Å². The molecule has 8 nitrogen and oxygen atoms in total. The van der Waals surface area contributed by atoms with Gasteiger partial charge in [0.25, 0.3) is 5.91 Å². The Balaban J connectivity index is 1.48. The number of alkyl halides is 3. The Kier molecular flexibility index (Phi) is 6.68. The van der Waals surface area contributed by atoms with Crippen molar-refractivity contribution in [1.82, 2.24) is 14.5 Å². The summed E-state index contributed by atoms with van der Waals surface area (Å²) in [5, 5.41) is 2.72. The van der Waals surface area contributed by atoms with Crippen LogP contribution < -0.4 is 10.1 Å². The minimum absolute atomic E-state index is 0.101. The Morgan fingerprint density at radius 1 is 1.10 bits per heavy atom. The molecule has 0 bridgehead atoms. The maximum Gasteiger partial charge on any atom is 0.573 e. The van der Waals surface area contributed by atoms with Crippen LogP contribution in [0.1, 0.15) is 10.6 Å². The van der Waals surface area contributed by atoms with Crippen LogP contribution >= 0.6 is 0 Å². The zero-order valence-electron chi connectivity index (χ0n) is 15.8. The van der Waals surface area contributed by atoms with Crippen molar-refractivity contribution < 1.29 is 35.5 Å². The van der Waals surface area contributed by atoms with Gasteiger partial charge in [0.15, 0.2) is 5.76 Å². The number of nitrogens with zero attached hydrogens (tertiary/aromatic N) is 2. The predicted octanol–water partition coefficient (Wildman–Crippen LogP) is 1.91. The van der Waals surface area contributed by atoms with Gasteiger partial charge in [-0.1, -0.05) is 0 Å². The summed E-state index contributed by atoms with van der Waals surface area (Å²) in [5.41, 5.74) is 0. The zero-order chi connectivity index (χ0) is 21.8. The minimum Gasteiger partial charge on any atom is -0.459 e. The Hall–Kier alpha value is -2.57. The van der Waals surface area contributed by atoms with Crippen LogP contribution in [-0.4, -0.2) is 69.2 Å². The van der Waals surface area contributed by atoms with Gasteiger partial charge in [0.2, 0.25) is 10.0 Å². The number of furan rings is 1. The third-order valence-electron chi connectivity index (χ3n) is 4.48. The Morgan fingerprint density at radius 3 is 2.33 bits per heavy atom. The van der Waals surface area contributed by atoms with Crippen LogP contribution in [0, 0.1) is 0 Å². The van der Waals surface area contributed by atoms with Gasteiger partial charge in [0, 0.05) is 39.3 Å². The molecule has 30 heavy (non-hydrogen) atoms. The van der Waals surface area contributed by atoms with Crippen LogP contribution in [0.25, 0.3) is 0 Å². The second-order valence-electron chi connectivity index (χ2n) is 6.50. The van der Waals surface area contributed by atoms with Crippen LogP contribution in [-0.2, 0) is 10.0 Å². The normalized spacial score (nSPS) is 16.4. The SMILES string of the molecule is O=C(NCCN1CCN(S(=O)(=O)c2ccc(OC(F)(F)F)cc2)CC1)c1ccco1. The minimum atomic E-state index is -4.84. The number of sulfonamides is 1. The van der Waals surface area contributed by atoms with Crippen LogP contribution in [0.4, 0.5) is 13.2 Å². The average molecular weight is 447 g/mol. The van der Waals surface area contributed by atoms with Gasteiger partial charge >= 0.3 is 6.36 Å². The van der Waals surface area contributed by atoms with Crippen molar-refractivity contribution in [3.63, 3.8) is 0 Å². The quantitative estimate of drug-likeness (QED) is 0.697. The van der Waals surface area contributed by atoms with E-state index >= 15 is 0 Å². The molecule has 1 aliphatic rings. The highest BCUT2D eigenvalue weighted by Crippen LogP contribution is 2.25. The topological polar surface area (TPSA) is 92.1 Å². The molecule has 1 N–H and O–H groups in total. The van der Waals surface area contributed by atoms with Crippen molar-refractivity contribution in [2.24, 2.45) is 0 Å². The Bertz CT molecular complexity index is 938. The lowest BCUT2D eigenvalue weighted by Gasteiger charge is -2.33. The average Bonchev–Trinajstić information content (AvgIpc) is 3.22. The third-order valence-corrected chi connectivity index (χ3v) is 6.40. The molecule has 0 spiro atoms. The van der Waals surface area contributed by atoms with Gasteiger partial charge in [-0.3, -0.25) is 9.69 Å². The molecule has 2 aromatic rings. The van der Waals surface area contributed by atoms with E-state index in [4.69, 9.17) is 4.42 Å². The molecule has 0 saturated carbocycles. The molecule has 1 aromatic carbocycles. The Labute approximate surface area is 171 Å². The molecule has 1 aromatic heterocycles. The fourth-order valence-electron chi connectivity index (χ4n) is 2.98. The van der Waals surface area contributed by atoms with Crippen molar-refractivity contribution >= 4 is 15.9 Å².